The minimum absolute atomic E-state index is 0.292. The number of rotatable bonds is 3. The van der Waals surface area contributed by atoms with Crippen molar-refractivity contribution in [1.82, 2.24) is 15.4 Å². The van der Waals surface area contributed by atoms with E-state index in [9.17, 15) is 9.59 Å². The fourth-order valence-electron chi connectivity index (χ4n) is 2.88. The Kier molecular flexibility index (Phi) is 4.07. The average molecular weight is 344 g/mol. The topological polar surface area (TPSA) is 74.3 Å². The maximum Gasteiger partial charge on any atom is 0.276 e. The third kappa shape index (κ3) is 2.88. The van der Waals surface area contributed by atoms with Crippen LogP contribution in [0.15, 0.2) is 79.0 Å². The van der Waals surface area contributed by atoms with Crippen molar-refractivity contribution >= 4 is 17.5 Å². The van der Waals surface area contributed by atoms with Crippen LogP contribution in [0.4, 0.5) is 5.69 Å². The molecule has 0 bridgehead atoms. The van der Waals surface area contributed by atoms with E-state index in [0.717, 1.165) is 0 Å². The Bertz CT molecular complexity index is 944. The monoisotopic (exact) mass is 344 g/mol. The number of para-hydroxylation sites is 1. The lowest BCUT2D eigenvalue weighted by Crippen LogP contribution is -2.53. The Labute approximate surface area is 150 Å². The summed E-state index contributed by atoms with van der Waals surface area (Å²) in [6.45, 7) is 0. The summed E-state index contributed by atoms with van der Waals surface area (Å²) in [4.78, 5) is 29.9. The fraction of sp³-hybridized carbons (Fsp3) is 0.0500. The van der Waals surface area contributed by atoms with Gasteiger partial charge in [-0.25, -0.2) is 5.01 Å². The average Bonchev–Trinajstić information content (AvgIpc) is 2.71. The van der Waals surface area contributed by atoms with Crippen LogP contribution in [0.5, 0.6) is 0 Å². The number of pyridine rings is 1. The van der Waals surface area contributed by atoms with E-state index >= 15 is 0 Å². The highest BCUT2D eigenvalue weighted by Crippen LogP contribution is 2.31. The summed E-state index contributed by atoms with van der Waals surface area (Å²) in [5.74, 6) is -0.652. The first-order valence-corrected chi connectivity index (χ1v) is 8.20. The summed E-state index contributed by atoms with van der Waals surface area (Å²) >= 11 is 0. The van der Waals surface area contributed by atoms with Crippen molar-refractivity contribution in [3.8, 4) is 0 Å². The van der Waals surface area contributed by atoms with Crippen LogP contribution < -0.4 is 10.7 Å². The van der Waals surface area contributed by atoms with Gasteiger partial charge in [-0.1, -0.05) is 36.4 Å². The molecule has 6 heteroatoms. The Balaban J connectivity index is 1.71. The highest BCUT2D eigenvalue weighted by atomic mass is 16.2. The molecule has 0 saturated heterocycles. The number of hydrogen-bond donors (Lipinski definition) is 2. The summed E-state index contributed by atoms with van der Waals surface area (Å²) in [6.07, 6.45) is 1.05. The van der Waals surface area contributed by atoms with Crippen LogP contribution in [0, 0.1) is 0 Å². The number of nitrogens with zero attached hydrogens (tertiary/aromatic N) is 2. The first kappa shape index (κ1) is 15.8. The minimum atomic E-state index is -0.605. The van der Waals surface area contributed by atoms with Gasteiger partial charge in [-0.05, 0) is 36.4 Å². The van der Waals surface area contributed by atoms with Crippen molar-refractivity contribution in [2.24, 2.45) is 0 Å². The summed E-state index contributed by atoms with van der Waals surface area (Å²) < 4.78 is 0. The molecule has 128 valence electrons. The first-order chi connectivity index (χ1) is 12.7. The smallest absolute Gasteiger partial charge is 0.276 e. The molecular weight excluding hydrogens is 328 g/mol. The highest BCUT2D eigenvalue weighted by molar-refractivity contribution is 6.03. The van der Waals surface area contributed by atoms with Crippen LogP contribution >= 0.6 is 0 Å². The van der Waals surface area contributed by atoms with Gasteiger partial charge in [0.05, 0.1) is 11.3 Å². The van der Waals surface area contributed by atoms with Crippen molar-refractivity contribution < 1.29 is 9.59 Å². The molecule has 1 aliphatic rings. The van der Waals surface area contributed by atoms with Gasteiger partial charge in [0.25, 0.3) is 11.8 Å². The van der Waals surface area contributed by atoms with Crippen LogP contribution in [0.3, 0.4) is 0 Å². The quantitative estimate of drug-likeness (QED) is 0.766. The van der Waals surface area contributed by atoms with E-state index in [4.69, 9.17) is 0 Å². The zero-order valence-corrected chi connectivity index (χ0v) is 13.8. The lowest BCUT2D eigenvalue weighted by molar-refractivity contribution is 0.0486. The SMILES string of the molecule is O=C(NN1C(=O)c2ccccc2N[C@H]1c1ccccn1)c1ccccc1. The number of nitrogens with one attached hydrogen (secondary N) is 2. The van der Waals surface area contributed by atoms with Gasteiger partial charge >= 0.3 is 0 Å². The van der Waals surface area contributed by atoms with Crippen LogP contribution in [0.1, 0.15) is 32.6 Å². The van der Waals surface area contributed by atoms with Gasteiger partial charge in [0.1, 0.15) is 0 Å². The normalized spacial score (nSPS) is 15.8. The molecule has 0 unspecified atom stereocenters. The largest absolute Gasteiger partial charge is 0.358 e. The van der Waals surface area contributed by atoms with E-state index in [2.05, 4.69) is 15.7 Å². The zero-order chi connectivity index (χ0) is 17.9. The molecule has 0 saturated carbocycles. The van der Waals surface area contributed by atoms with Crippen LogP contribution in [0.25, 0.3) is 0 Å². The van der Waals surface area contributed by atoms with E-state index in [1.165, 1.54) is 5.01 Å². The number of carbonyl (C=O) groups excluding carboxylic acids is 2. The number of benzene rings is 2. The van der Waals surface area contributed by atoms with Crippen molar-refractivity contribution in [3.05, 3.63) is 95.8 Å². The molecule has 26 heavy (non-hydrogen) atoms. The second-order valence-corrected chi connectivity index (χ2v) is 5.83. The molecule has 3 aromatic rings. The lowest BCUT2D eigenvalue weighted by Gasteiger charge is -2.37. The molecule has 1 aromatic heterocycles. The molecule has 2 amide bonds. The molecule has 1 atom stereocenters. The Morgan fingerprint density at radius 2 is 1.69 bits per heavy atom. The lowest BCUT2D eigenvalue weighted by atomic mass is 10.1. The zero-order valence-electron chi connectivity index (χ0n) is 13.8. The van der Waals surface area contributed by atoms with Crippen molar-refractivity contribution in [2.45, 2.75) is 6.17 Å². The highest BCUT2D eigenvalue weighted by Gasteiger charge is 2.35. The van der Waals surface area contributed by atoms with Gasteiger partial charge in [0.2, 0.25) is 0 Å². The molecular formula is C20H16N4O2. The van der Waals surface area contributed by atoms with Crippen molar-refractivity contribution in [2.75, 3.05) is 5.32 Å². The van der Waals surface area contributed by atoms with Gasteiger partial charge in [-0.2, -0.15) is 0 Å². The van der Waals surface area contributed by atoms with Crippen LogP contribution in [0.2, 0.25) is 0 Å². The molecule has 0 radical (unpaired) electrons. The second kappa shape index (κ2) is 6.68. The number of fused-ring (bicyclic) bond motifs is 1. The number of amides is 2. The molecule has 1 aliphatic heterocycles. The summed E-state index contributed by atoms with van der Waals surface area (Å²) in [6, 6.07) is 21.4. The molecule has 4 rings (SSSR count). The summed E-state index contributed by atoms with van der Waals surface area (Å²) in [5.41, 5.74) is 5.02. The Hall–Kier alpha value is -3.67. The Morgan fingerprint density at radius 1 is 0.962 bits per heavy atom. The molecule has 2 aromatic carbocycles. The molecule has 2 heterocycles. The maximum atomic E-state index is 13.0. The Morgan fingerprint density at radius 3 is 2.46 bits per heavy atom. The number of hydrazine groups is 1. The van der Waals surface area contributed by atoms with E-state index in [1.54, 1.807) is 54.7 Å². The van der Waals surface area contributed by atoms with Crippen LogP contribution in [-0.4, -0.2) is 21.8 Å². The van der Waals surface area contributed by atoms with E-state index in [0.29, 0.717) is 22.5 Å². The van der Waals surface area contributed by atoms with E-state index < -0.39 is 6.17 Å². The number of anilines is 1. The van der Waals surface area contributed by atoms with E-state index in [-0.39, 0.29) is 11.8 Å². The number of aromatic nitrogens is 1. The molecule has 0 aliphatic carbocycles. The first-order valence-electron chi connectivity index (χ1n) is 8.20. The molecule has 0 spiro atoms. The standard InChI is InChI=1S/C20H16N4O2/c25-19(14-8-2-1-3-9-14)23-24-18(17-12-6-7-13-21-17)22-16-11-5-4-10-15(16)20(24)26/h1-13,18,22H,(H,23,25)/t18-/m1/s1. The van der Waals surface area contributed by atoms with Crippen molar-refractivity contribution in [1.29, 1.82) is 0 Å². The number of carbonyl (C=O) groups is 2. The van der Waals surface area contributed by atoms with Gasteiger partial charge < -0.3 is 5.32 Å². The molecule has 0 fully saturated rings. The third-order valence-corrected chi connectivity index (χ3v) is 4.15. The third-order valence-electron chi connectivity index (χ3n) is 4.15. The van der Waals surface area contributed by atoms with Gasteiger partial charge in [-0.15, -0.1) is 0 Å². The fourth-order valence-corrected chi connectivity index (χ4v) is 2.88. The number of hydrogen-bond acceptors (Lipinski definition) is 4. The second-order valence-electron chi connectivity index (χ2n) is 5.83. The van der Waals surface area contributed by atoms with E-state index in [1.807, 2.05) is 24.3 Å². The predicted molar refractivity (Wildman–Crippen MR) is 97.1 cm³/mol. The van der Waals surface area contributed by atoms with Gasteiger partial charge in [-0.3, -0.25) is 20.0 Å². The molecule has 2 N–H and O–H groups in total. The predicted octanol–water partition coefficient (Wildman–Crippen LogP) is 2.99. The van der Waals surface area contributed by atoms with Gasteiger partial charge in [0.15, 0.2) is 6.17 Å². The minimum Gasteiger partial charge on any atom is -0.358 e. The van der Waals surface area contributed by atoms with Gasteiger partial charge in [0, 0.05) is 17.4 Å². The van der Waals surface area contributed by atoms with Crippen LogP contribution in [-0.2, 0) is 0 Å². The maximum absolute atomic E-state index is 13.0. The summed E-state index contributed by atoms with van der Waals surface area (Å²) in [7, 11) is 0. The molecule has 6 nitrogen and oxygen atoms in total. The summed E-state index contributed by atoms with van der Waals surface area (Å²) in [5, 5.41) is 4.57. The van der Waals surface area contributed by atoms with Crippen molar-refractivity contribution in [3.63, 3.8) is 0 Å².